The Morgan fingerprint density at radius 1 is 0.727 bits per heavy atom. The van der Waals surface area contributed by atoms with E-state index in [1.165, 1.54) is 5.56 Å². The number of likely N-dealkylation sites (tertiary alicyclic amines) is 3. The van der Waals surface area contributed by atoms with E-state index in [4.69, 9.17) is 18.9 Å². The fourth-order valence-corrected chi connectivity index (χ4v) is 7.05. The van der Waals surface area contributed by atoms with Crippen molar-refractivity contribution in [2.24, 2.45) is 17.8 Å². The predicted molar refractivity (Wildman–Crippen MR) is 166 cm³/mol. The Balaban J connectivity index is 0.996. The first-order valence-corrected chi connectivity index (χ1v) is 16.8. The summed E-state index contributed by atoms with van der Waals surface area (Å²) in [5.74, 6) is -0.765. The molecule has 0 radical (unpaired) electrons. The Kier molecular flexibility index (Phi) is 11.6. The van der Waals surface area contributed by atoms with Crippen molar-refractivity contribution in [3.8, 4) is 0 Å². The van der Waals surface area contributed by atoms with E-state index in [1.54, 1.807) is 0 Å². The second-order valence-corrected chi connectivity index (χ2v) is 13.1. The molecule has 0 bridgehead atoms. The Morgan fingerprint density at radius 3 is 1.93 bits per heavy atom. The zero-order chi connectivity index (χ0) is 30.0. The largest absolute Gasteiger partial charge is 0.349 e. The third kappa shape index (κ3) is 9.26. The van der Waals surface area contributed by atoms with Crippen LogP contribution in [-0.2, 0) is 32.0 Å². The zero-order valence-corrected chi connectivity index (χ0v) is 26.2. The topological polar surface area (TPSA) is 92.7 Å². The highest BCUT2D eigenvalue weighted by molar-refractivity contribution is 5.09. The van der Waals surface area contributed by atoms with Gasteiger partial charge >= 0.3 is 0 Å². The van der Waals surface area contributed by atoms with E-state index < -0.39 is 5.97 Å². The summed E-state index contributed by atoms with van der Waals surface area (Å²) in [5.41, 5.74) is 2.39. The van der Waals surface area contributed by atoms with Crippen LogP contribution in [0.4, 0.5) is 0 Å². The van der Waals surface area contributed by atoms with Gasteiger partial charge in [0, 0.05) is 44.1 Å². The fourth-order valence-electron chi connectivity index (χ4n) is 7.05. The van der Waals surface area contributed by atoms with E-state index in [-0.39, 0.29) is 12.2 Å². The minimum atomic E-state index is -1.55. The number of hydrogen-bond donors (Lipinski definition) is 1. The van der Waals surface area contributed by atoms with Gasteiger partial charge in [-0.1, -0.05) is 6.07 Å². The van der Waals surface area contributed by atoms with Crippen LogP contribution in [0, 0.1) is 17.8 Å². The molecule has 0 aliphatic carbocycles. The summed E-state index contributed by atoms with van der Waals surface area (Å²) >= 11 is 0. The molecule has 4 aliphatic rings. The molecule has 1 atom stereocenters. The molecule has 1 unspecified atom stereocenters. The lowest BCUT2D eigenvalue weighted by Crippen LogP contribution is -2.50. The van der Waals surface area contributed by atoms with Gasteiger partial charge in [0.2, 0.25) is 0 Å². The molecule has 0 saturated carbocycles. The third-order valence-electron chi connectivity index (χ3n) is 9.93. The molecule has 2 aromatic rings. The number of ether oxygens (including phenoxy) is 4. The first-order valence-electron chi connectivity index (χ1n) is 16.8. The molecule has 4 aliphatic heterocycles. The van der Waals surface area contributed by atoms with Gasteiger partial charge in [-0.05, 0) is 119 Å². The predicted octanol–water partition coefficient (Wildman–Crippen LogP) is 3.37. The molecule has 1 N–H and O–H groups in total. The summed E-state index contributed by atoms with van der Waals surface area (Å²) in [7, 11) is 0. The van der Waals surface area contributed by atoms with Gasteiger partial charge in [0.05, 0.1) is 32.1 Å². The van der Waals surface area contributed by atoms with Crippen LogP contribution >= 0.6 is 0 Å². The van der Waals surface area contributed by atoms with E-state index in [2.05, 4.69) is 42.9 Å². The van der Waals surface area contributed by atoms with E-state index in [0.717, 1.165) is 103 Å². The highest BCUT2D eigenvalue weighted by atomic mass is 16.8. The number of rotatable bonds is 13. The molecule has 4 saturated heterocycles. The molecular weight excluding hydrogens is 558 g/mol. The van der Waals surface area contributed by atoms with Crippen LogP contribution in [0.3, 0.4) is 0 Å². The number of nitrogens with zero attached hydrogens (tertiary/aromatic N) is 5. The normalized spacial score (nSPS) is 24.1. The number of piperidine rings is 3. The van der Waals surface area contributed by atoms with Gasteiger partial charge in [0.15, 0.2) is 6.29 Å². The standard InChI is InChI=1S/C34H51N5O5/c40-34(31-10-19-38(20-11-31)24-32-3-1-2-12-36-32,44-27-30-8-17-39(18-9-30)25-33-41-21-22-42-33)43-26-29-6-15-37(16-7-29)23-28-4-13-35-14-5-28/h1-5,12-14,29-31,33,40H,6-11,15-27H2. The average molecular weight is 610 g/mol. The number of aromatic nitrogens is 2. The summed E-state index contributed by atoms with van der Waals surface area (Å²) in [6.45, 7) is 10.9. The minimum absolute atomic E-state index is 0.0500. The van der Waals surface area contributed by atoms with E-state index in [1.807, 2.05) is 30.7 Å². The summed E-state index contributed by atoms with van der Waals surface area (Å²) in [6.07, 6.45) is 11.4. The number of aliphatic hydroxyl groups is 1. The molecule has 4 fully saturated rings. The molecule has 6 rings (SSSR count). The van der Waals surface area contributed by atoms with Gasteiger partial charge in [-0.25, -0.2) is 0 Å². The molecule has 44 heavy (non-hydrogen) atoms. The van der Waals surface area contributed by atoms with Gasteiger partial charge in [0.1, 0.15) is 0 Å². The molecule has 2 aromatic heterocycles. The van der Waals surface area contributed by atoms with E-state index >= 15 is 0 Å². The van der Waals surface area contributed by atoms with Crippen molar-refractivity contribution in [2.45, 2.75) is 63.9 Å². The van der Waals surface area contributed by atoms with Gasteiger partial charge in [-0.2, -0.15) is 0 Å². The SMILES string of the molecule is OC(OCC1CCN(Cc2ccncc2)CC1)(OCC1CCN(CC2OCCO2)CC1)C1CCN(Cc2ccccn2)CC1. The maximum absolute atomic E-state index is 12.0. The van der Waals surface area contributed by atoms with Crippen LogP contribution in [0.5, 0.6) is 0 Å². The average Bonchev–Trinajstić information content (AvgIpc) is 3.59. The molecule has 0 spiro atoms. The van der Waals surface area contributed by atoms with E-state index in [9.17, 15) is 5.11 Å². The molecule has 242 valence electrons. The third-order valence-corrected chi connectivity index (χ3v) is 9.93. The molecule has 0 amide bonds. The molecule has 6 heterocycles. The Labute approximate surface area is 262 Å². The Hall–Kier alpha value is -2.02. The first kappa shape index (κ1) is 31.9. The van der Waals surface area contributed by atoms with Crippen LogP contribution in [0.25, 0.3) is 0 Å². The zero-order valence-electron chi connectivity index (χ0n) is 26.2. The lowest BCUT2D eigenvalue weighted by Gasteiger charge is -2.42. The van der Waals surface area contributed by atoms with Crippen molar-refractivity contribution >= 4 is 0 Å². The van der Waals surface area contributed by atoms with Crippen molar-refractivity contribution in [1.82, 2.24) is 24.7 Å². The number of hydrogen-bond acceptors (Lipinski definition) is 10. The van der Waals surface area contributed by atoms with Crippen molar-refractivity contribution in [3.05, 3.63) is 60.2 Å². The Morgan fingerprint density at radius 2 is 1.32 bits per heavy atom. The van der Waals surface area contributed by atoms with Gasteiger partial charge in [0.25, 0.3) is 5.97 Å². The summed E-state index contributed by atoms with van der Waals surface area (Å²) in [6, 6.07) is 10.3. The Bertz CT molecular complexity index is 1090. The highest BCUT2D eigenvalue weighted by Gasteiger charge is 2.42. The van der Waals surface area contributed by atoms with Crippen molar-refractivity contribution in [1.29, 1.82) is 0 Å². The first-order chi connectivity index (χ1) is 21.6. The van der Waals surface area contributed by atoms with Crippen LogP contribution < -0.4 is 0 Å². The van der Waals surface area contributed by atoms with Gasteiger partial charge in [-0.3, -0.25) is 24.7 Å². The lowest BCUT2D eigenvalue weighted by molar-refractivity contribution is -0.396. The molecular formula is C34H51N5O5. The maximum Gasteiger partial charge on any atom is 0.283 e. The number of pyridine rings is 2. The quantitative estimate of drug-likeness (QED) is 0.341. The van der Waals surface area contributed by atoms with Crippen molar-refractivity contribution < 1.29 is 24.1 Å². The monoisotopic (exact) mass is 609 g/mol. The lowest BCUT2D eigenvalue weighted by atomic mass is 9.92. The summed E-state index contributed by atoms with van der Waals surface area (Å²) < 4.78 is 24.2. The van der Waals surface area contributed by atoms with Crippen molar-refractivity contribution in [3.63, 3.8) is 0 Å². The van der Waals surface area contributed by atoms with Crippen LogP contribution in [0.15, 0.2) is 48.9 Å². The summed E-state index contributed by atoms with van der Waals surface area (Å²) in [5, 5.41) is 12.0. The van der Waals surface area contributed by atoms with Crippen LogP contribution in [0.2, 0.25) is 0 Å². The van der Waals surface area contributed by atoms with Crippen LogP contribution in [0.1, 0.15) is 49.8 Å². The molecule has 10 heteroatoms. The smallest absolute Gasteiger partial charge is 0.283 e. The maximum atomic E-state index is 12.0. The fraction of sp³-hybridized carbons (Fsp3) is 0.706. The van der Waals surface area contributed by atoms with E-state index in [0.29, 0.717) is 38.3 Å². The molecule has 0 aromatic carbocycles. The van der Waals surface area contributed by atoms with Crippen molar-refractivity contribution in [2.75, 3.05) is 72.2 Å². The van der Waals surface area contributed by atoms with Gasteiger partial charge < -0.3 is 24.1 Å². The second-order valence-electron chi connectivity index (χ2n) is 13.1. The second kappa shape index (κ2) is 16.0. The summed E-state index contributed by atoms with van der Waals surface area (Å²) in [4.78, 5) is 16.0. The molecule has 10 nitrogen and oxygen atoms in total. The van der Waals surface area contributed by atoms with Crippen LogP contribution in [-0.4, -0.2) is 114 Å². The minimum Gasteiger partial charge on any atom is -0.349 e. The van der Waals surface area contributed by atoms with Gasteiger partial charge in [-0.15, -0.1) is 0 Å². The highest BCUT2D eigenvalue weighted by Crippen LogP contribution is 2.34.